The van der Waals surface area contributed by atoms with Crippen molar-refractivity contribution in [2.24, 2.45) is 7.05 Å². The highest BCUT2D eigenvalue weighted by atomic mass is 35.5. The monoisotopic (exact) mass is 322 g/mol. The quantitative estimate of drug-likeness (QED) is 0.927. The third kappa shape index (κ3) is 2.46. The largest absolute Gasteiger partial charge is 0.363 e. The number of hydrogen-bond donors (Lipinski definition) is 1. The second kappa shape index (κ2) is 5.35. The van der Waals surface area contributed by atoms with Gasteiger partial charge < -0.3 is 10.2 Å². The van der Waals surface area contributed by atoms with Crippen molar-refractivity contribution in [1.82, 2.24) is 14.2 Å². The van der Waals surface area contributed by atoms with Crippen molar-refractivity contribution in [3.05, 3.63) is 23.1 Å². The highest BCUT2D eigenvalue weighted by Gasteiger charge is 2.34. The van der Waals surface area contributed by atoms with Crippen molar-refractivity contribution < 1.29 is 4.79 Å². The van der Waals surface area contributed by atoms with Crippen LogP contribution in [0, 0.1) is 11.3 Å². The van der Waals surface area contributed by atoms with Crippen molar-refractivity contribution in [2.75, 3.05) is 16.8 Å². The fourth-order valence-electron chi connectivity index (χ4n) is 2.24. The predicted octanol–water partition coefficient (Wildman–Crippen LogP) is 1.62. The normalized spacial score (nSPS) is 18.0. The molecule has 1 saturated heterocycles. The third-order valence-electron chi connectivity index (χ3n) is 3.28. The lowest BCUT2D eigenvalue weighted by Gasteiger charge is -2.15. The van der Waals surface area contributed by atoms with Crippen molar-refractivity contribution >= 4 is 39.7 Å². The van der Waals surface area contributed by atoms with Crippen molar-refractivity contribution in [3.63, 3.8) is 0 Å². The number of rotatable bonds is 3. The van der Waals surface area contributed by atoms with Crippen LogP contribution in [0.25, 0.3) is 0 Å². The molecule has 0 spiro atoms. The Kier molecular flexibility index (Phi) is 3.53. The molecule has 0 radical (unpaired) electrons. The van der Waals surface area contributed by atoms with Gasteiger partial charge in [-0.2, -0.15) is 14.7 Å². The summed E-state index contributed by atoms with van der Waals surface area (Å²) in [6, 6.07) is 1.61. The van der Waals surface area contributed by atoms with Gasteiger partial charge >= 0.3 is 0 Å². The number of aromatic nitrogens is 3. The molecule has 1 fully saturated rings. The van der Waals surface area contributed by atoms with E-state index in [-0.39, 0.29) is 22.7 Å². The molecule has 0 aliphatic carbocycles. The van der Waals surface area contributed by atoms with Gasteiger partial charge in [0.15, 0.2) is 5.15 Å². The van der Waals surface area contributed by atoms with Gasteiger partial charge in [-0.1, -0.05) is 11.6 Å². The molecule has 3 rings (SSSR count). The lowest BCUT2D eigenvalue weighted by atomic mass is 10.2. The van der Waals surface area contributed by atoms with Gasteiger partial charge in [0.2, 0.25) is 5.91 Å². The van der Waals surface area contributed by atoms with Crippen LogP contribution in [0.3, 0.4) is 0 Å². The van der Waals surface area contributed by atoms with Crippen molar-refractivity contribution in [3.8, 4) is 6.07 Å². The molecule has 0 saturated carbocycles. The Morgan fingerprint density at radius 2 is 2.43 bits per heavy atom. The van der Waals surface area contributed by atoms with Crippen LogP contribution in [0.4, 0.5) is 10.7 Å². The fraction of sp³-hybridized carbons (Fsp3) is 0.333. The van der Waals surface area contributed by atoms with Crippen molar-refractivity contribution in [1.29, 1.82) is 5.26 Å². The van der Waals surface area contributed by atoms with E-state index in [4.69, 9.17) is 16.9 Å². The second-order valence-electron chi connectivity index (χ2n) is 4.64. The van der Waals surface area contributed by atoms with Gasteiger partial charge in [0.25, 0.3) is 0 Å². The number of halogens is 1. The molecular weight excluding hydrogens is 312 g/mol. The van der Waals surface area contributed by atoms with Crippen LogP contribution < -0.4 is 10.2 Å². The summed E-state index contributed by atoms with van der Waals surface area (Å²) in [6.07, 6.45) is 4.10. The molecule has 1 atom stereocenters. The van der Waals surface area contributed by atoms with E-state index in [2.05, 4.69) is 14.8 Å². The summed E-state index contributed by atoms with van der Waals surface area (Å²) in [6.45, 7) is 0.608. The Hall–Kier alpha value is -2.11. The number of hydrogen-bond acceptors (Lipinski definition) is 6. The molecule has 21 heavy (non-hydrogen) atoms. The molecule has 9 heteroatoms. The minimum atomic E-state index is -0.381. The first kappa shape index (κ1) is 13.9. The average molecular weight is 323 g/mol. The number of nitrogens with zero attached hydrogens (tertiary/aromatic N) is 5. The molecule has 7 nitrogen and oxygen atoms in total. The predicted molar refractivity (Wildman–Crippen MR) is 79.4 cm³/mol. The SMILES string of the molecule is Cn1cc(N2CCC(Nc3snc(Cl)c3C#N)C2=O)cn1. The van der Waals surface area contributed by atoms with Gasteiger partial charge in [-0.15, -0.1) is 0 Å². The molecule has 1 unspecified atom stereocenters. The molecule has 2 aromatic heterocycles. The zero-order valence-electron chi connectivity index (χ0n) is 11.1. The number of nitriles is 1. The van der Waals surface area contributed by atoms with E-state index in [0.717, 1.165) is 17.2 Å². The van der Waals surface area contributed by atoms with Crippen LogP contribution in [-0.4, -0.2) is 32.6 Å². The standard InChI is InChI=1S/C12H11ClN6OS/c1-18-6-7(5-15-18)19-3-2-9(12(19)20)16-11-8(4-14)10(13)17-21-11/h5-6,9,16H,2-3H2,1H3. The number of nitrogens with one attached hydrogen (secondary N) is 1. The summed E-state index contributed by atoms with van der Waals surface area (Å²) in [5.41, 5.74) is 1.06. The molecule has 1 aliphatic rings. The summed E-state index contributed by atoms with van der Waals surface area (Å²) < 4.78 is 5.57. The van der Waals surface area contributed by atoms with Crippen LogP contribution in [0.1, 0.15) is 12.0 Å². The topological polar surface area (TPSA) is 86.8 Å². The second-order valence-corrected chi connectivity index (χ2v) is 5.77. The number of amides is 1. The van der Waals surface area contributed by atoms with Gasteiger partial charge in [-0.25, -0.2) is 0 Å². The lowest BCUT2D eigenvalue weighted by molar-refractivity contribution is -0.117. The Labute approximate surface area is 129 Å². The van der Waals surface area contributed by atoms with E-state index >= 15 is 0 Å². The highest BCUT2D eigenvalue weighted by Crippen LogP contribution is 2.30. The fourth-order valence-corrected chi connectivity index (χ4v) is 3.23. The summed E-state index contributed by atoms with van der Waals surface area (Å²) in [5.74, 6) is -0.0450. The minimum absolute atomic E-state index is 0.0450. The molecule has 0 aromatic carbocycles. The van der Waals surface area contributed by atoms with E-state index in [9.17, 15) is 4.79 Å². The minimum Gasteiger partial charge on any atom is -0.363 e. The van der Waals surface area contributed by atoms with Gasteiger partial charge in [0.1, 0.15) is 22.7 Å². The molecule has 1 N–H and O–H groups in total. The lowest BCUT2D eigenvalue weighted by Crippen LogP contribution is -2.33. The van der Waals surface area contributed by atoms with Crippen molar-refractivity contribution in [2.45, 2.75) is 12.5 Å². The summed E-state index contributed by atoms with van der Waals surface area (Å²) in [5, 5.41) is 16.9. The molecule has 3 heterocycles. The van der Waals surface area contributed by atoms with E-state index in [1.54, 1.807) is 29.0 Å². The maximum atomic E-state index is 12.4. The zero-order chi connectivity index (χ0) is 15.0. The Bertz CT molecular complexity index is 732. The number of carbonyl (C=O) groups excluding carboxylic acids is 1. The smallest absolute Gasteiger partial charge is 0.249 e. The number of anilines is 2. The first-order chi connectivity index (χ1) is 10.1. The van der Waals surface area contributed by atoms with E-state index in [0.29, 0.717) is 18.0 Å². The van der Waals surface area contributed by atoms with Crippen LogP contribution in [0.2, 0.25) is 5.15 Å². The Morgan fingerprint density at radius 1 is 1.62 bits per heavy atom. The Morgan fingerprint density at radius 3 is 3.10 bits per heavy atom. The van der Waals surface area contributed by atoms with Gasteiger partial charge in [0, 0.05) is 19.8 Å². The first-order valence-electron chi connectivity index (χ1n) is 6.22. The van der Waals surface area contributed by atoms with E-state index in [1.807, 2.05) is 6.07 Å². The van der Waals surface area contributed by atoms with E-state index in [1.165, 1.54) is 0 Å². The highest BCUT2D eigenvalue weighted by molar-refractivity contribution is 7.10. The van der Waals surface area contributed by atoms with Crippen LogP contribution in [0.15, 0.2) is 12.4 Å². The van der Waals surface area contributed by atoms with Gasteiger partial charge in [-0.05, 0) is 18.0 Å². The van der Waals surface area contributed by atoms with Crippen LogP contribution >= 0.6 is 23.1 Å². The summed E-state index contributed by atoms with van der Waals surface area (Å²) in [4.78, 5) is 14.1. The third-order valence-corrected chi connectivity index (χ3v) is 4.43. The molecular formula is C12H11ClN6OS. The zero-order valence-corrected chi connectivity index (χ0v) is 12.6. The summed E-state index contributed by atoms with van der Waals surface area (Å²) in [7, 11) is 1.80. The molecule has 108 valence electrons. The number of carbonyl (C=O) groups is 1. The van der Waals surface area contributed by atoms with Crippen LogP contribution in [0.5, 0.6) is 0 Å². The molecule has 1 aliphatic heterocycles. The van der Waals surface area contributed by atoms with Gasteiger partial charge in [0.05, 0.1) is 11.9 Å². The average Bonchev–Trinajstić information content (AvgIpc) is 3.12. The number of aryl methyl sites for hydroxylation is 1. The van der Waals surface area contributed by atoms with Gasteiger partial charge in [-0.3, -0.25) is 9.48 Å². The molecule has 0 bridgehead atoms. The van der Waals surface area contributed by atoms with Crippen LogP contribution in [-0.2, 0) is 11.8 Å². The summed E-state index contributed by atoms with van der Waals surface area (Å²) >= 11 is 6.91. The maximum absolute atomic E-state index is 12.4. The van der Waals surface area contributed by atoms with E-state index < -0.39 is 0 Å². The molecule has 1 amide bonds. The molecule has 2 aromatic rings. The maximum Gasteiger partial charge on any atom is 0.249 e. The Balaban J connectivity index is 1.77. The first-order valence-corrected chi connectivity index (χ1v) is 7.37.